The summed E-state index contributed by atoms with van der Waals surface area (Å²) >= 11 is 1.10. The van der Waals surface area contributed by atoms with Crippen molar-refractivity contribution in [2.75, 3.05) is 11.1 Å². The third kappa shape index (κ3) is 2.51. The minimum absolute atomic E-state index is 0.106. The number of nitrogens with one attached hydrogen (secondary N) is 2. The molecule has 1 aromatic heterocycles. The summed E-state index contributed by atoms with van der Waals surface area (Å²) in [7, 11) is 0. The van der Waals surface area contributed by atoms with Crippen LogP contribution in [0.2, 0.25) is 0 Å². The van der Waals surface area contributed by atoms with Crippen molar-refractivity contribution < 1.29 is 4.79 Å². The van der Waals surface area contributed by atoms with Crippen LogP contribution in [0.1, 0.15) is 16.1 Å². The Morgan fingerprint density at radius 2 is 2.22 bits per heavy atom. The Balaban J connectivity index is 2.17. The first kappa shape index (κ1) is 12.2. The Kier molecular flexibility index (Phi) is 3.33. The van der Waals surface area contributed by atoms with Gasteiger partial charge in [0.25, 0.3) is 5.91 Å². The van der Waals surface area contributed by atoms with Crippen LogP contribution in [0.3, 0.4) is 0 Å². The van der Waals surface area contributed by atoms with Gasteiger partial charge < -0.3 is 21.8 Å². The number of aromatic amines is 1. The number of H-pyrrole nitrogens is 1. The van der Waals surface area contributed by atoms with Gasteiger partial charge >= 0.3 is 4.87 Å². The van der Waals surface area contributed by atoms with E-state index in [0.29, 0.717) is 17.9 Å². The van der Waals surface area contributed by atoms with Crippen molar-refractivity contribution in [1.82, 2.24) is 4.98 Å². The SMILES string of the molecule is NC(=O)c1cccc(NCc2csc(=O)[nH]2)c1N. The van der Waals surface area contributed by atoms with Gasteiger partial charge in [-0.3, -0.25) is 9.59 Å². The van der Waals surface area contributed by atoms with Gasteiger partial charge in [-0.1, -0.05) is 17.4 Å². The van der Waals surface area contributed by atoms with Crippen LogP contribution < -0.4 is 21.7 Å². The van der Waals surface area contributed by atoms with Crippen molar-refractivity contribution >= 4 is 28.6 Å². The lowest BCUT2D eigenvalue weighted by atomic mass is 10.1. The Morgan fingerprint density at radius 1 is 1.44 bits per heavy atom. The molecular formula is C11H12N4O2S. The highest BCUT2D eigenvalue weighted by molar-refractivity contribution is 7.07. The molecule has 7 heteroatoms. The molecule has 0 bridgehead atoms. The molecule has 0 radical (unpaired) electrons. The molecule has 0 atom stereocenters. The number of nitrogens with two attached hydrogens (primary N) is 2. The number of nitrogen functional groups attached to an aromatic ring is 1. The van der Waals surface area contributed by atoms with Crippen molar-refractivity contribution in [2.24, 2.45) is 5.73 Å². The van der Waals surface area contributed by atoms with Crippen molar-refractivity contribution in [1.29, 1.82) is 0 Å². The smallest absolute Gasteiger partial charge is 0.304 e. The average molecular weight is 264 g/mol. The molecule has 0 unspecified atom stereocenters. The maximum atomic E-state index is 11.1. The summed E-state index contributed by atoms with van der Waals surface area (Å²) in [5, 5.41) is 4.77. The Labute approximate surface area is 107 Å². The quantitative estimate of drug-likeness (QED) is 0.609. The summed E-state index contributed by atoms with van der Waals surface area (Å²) in [6.07, 6.45) is 0. The van der Waals surface area contributed by atoms with Gasteiger partial charge in [0.15, 0.2) is 0 Å². The standard InChI is InChI=1S/C11H12N4O2S/c12-9-7(10(13)16)2-1-3-8(9)14-4-6-5-18-11(17)15-6/h1-3,5,14H,4,12H2,(H2,13,16)(H,15,17). The Bertz CT molecular complexity index is 632. The van der Waals surface area contributed by atoms with Crippen LogP contribution in [0.4, 0.5) is 11.4 Å². The second-order valence-corrected chi connectivity index (χ2v) is 4.50. The number of aromatic nitrogens is 1. The van der Waals surface area contributed by atoms with E-state index in [9.17, 15) is 9.59 Å². The molecule has 1 aromatic carbocycles. The number of para-hydroxylation sites is 1. The van der Waals surface area contributed by atoms with E-state index < -0.39 is 5.91 Å². The molecule has 0 spiro atoms. The number of primary amides is 1. The fraction of sp³-hybridized carbons (Fsp3) is 0.0909. The van der Waals surface area contributed by atoms with Crippen molar-refractivity contribution in [3.63, 3.8) is 0 Å². The molecule has 2 rings (SSSR count). The van der Waals surface area contributed by atoms with Crippen LogP contribution in [0.15, 0.2) is 28.4 Å². The molecule has 94 valence electrons. The fourth-order valence-corrected chi connectivity index (χ4v) is 2.11. The molecule has 0 saturated carbocycles. The topological polar surface area (TPSA) is 114 Å². The van der Waals surface area contributed by atoms with E-state index in [1.807, 2.05) is 0 Å². The van der Waals surface area contributed by atoms with Crippen molar-refractivity contribution in [2.45, 2.75) is 6.54 Å². The van der Waals surface area contributed by atoms with E-state index in [1.165, 1.54) is 0 Å². The van der Waals surface area contributed by atoms with E-state index in [1.54, 1.807) is 23.6 Å². The minimum atomic E-state index is -0.569. The van der Waals surface area contributed by atoms with E-state index in [2.05, 4.69) is 10.3 Å². The molecule has 0 aliphatic carbocycles. The predicted molar refractivity (Wildman–Crippen MR) is 71.6 cm³/mol. The zero-order valence-corrected chi connectivity index (χ0v) is 10.2. The molecule has 18 heavy (non-hydrogen) atoms. The maximum Gasteiger partial charge on any atom is 0.304 e. The summed E-state index contributed by atoms with van der Waals surface area (Å²) in [4.78, 5) is 24.6. The Morgan fingerprint density at radius 3 is 2.83 bits per heavy atom. The molecule has 0 aliphatic rings. The number of hydrogen-bond donors (Lipinski definition) is 4. The van der Waals surface area contributed by atoms with E-state index >= 15 is 0 Å². The minimum Gasteiger partial charge on any atom is -0.396 e. The predicted octanol–water partition coefficient (Wildman–Crippen LogP) is 0.730. The van der Waals surface area contributed by atoms with Gasteiger partial charge in [0.1, 0.15) is 0 Å². The highest BCUT2D eigenvalue weighted by atomic mass is 32.1. The van der Waals surface area contributed by atoms with Gasteiger partial charge in [-0.2, -0.15) is 0 Å². The van der Waals surface area contributed by atoms with Gasteiger partial charge in [0.05, 0.1) is 23.5 Å². The van der Waals surface area contributed by atoms with E-state index in [-0.39, 0.29) is 10.4 Å². The number of benzene rings is 1. The zero-order valence-electron chi connectivity index (χ0n) is 9.40. The zero-order chi connectivity index (χ0) is 13.1. The van der Waals surface area contributed by atoms with Crippen LogP contribution in [0.25, 0.3) is 0 Å². The second-order valence-electron chi connectivity index (χ2n) is 3.66. The number of carbonyl (C=O) groups excluding carboxylic acids is 1. The highest BCUT2D eigenvalue weighted by Gasteiger charge is 2.09. The normalized spacial score (nSPS) is 10.2. The lowest BCUT2D eigenvalue weighted by Gasteiger charge is -2.10. The largest absolute Gasteiger partial charge is 0.396 e. The molecule has 0 fully saturated rings. The van der Waals surface area contributed by atoms with Gasteiger partial charge in [-0.25, -0.2) is 0 Å². The number of amides is 1. The van der Waals surface area contributed by atoms with Crippen LogP contribution in [-0.4, -0.2) is 10.9 Å². The number of carbonyl (C=O) groups is 1. The van der Waals surface area contributed by atoms with E-state index in [0.717, 1.165) is 17.0 Å². The second kappa shape index (κ2) is 4.92. The number of rotatable bonds is 4. The molecule has 0 aliphatic heterocycles. The lowest BCUT2D eigenvalue weighted by Crippen LogP contribution is -2.15. The molecule has 6 nitrogen and oxygen atoms in total. The third-order valence-electron chi connectivity index (χ3n) is 2.41. The van der Waals surface area contributed by atoms with Crippen LogP contribution in [0.5, 0.6) is 0 Å². The molecule has 1 heterocycles. The fourth-order valence-electron chi connectivity index (χ4n) is 1.53. The first-order valence-corrected chi connectivity index (χ1v) is 6.04. The summed E-state index contributed by atoms with van der Waals surface area (Å²) in [6.45, 7) is 0.422. The molecule has 0 saturated heterocycles. The molecule has 6 N–H and O–H groups in total. The first-order chi connectivity index (χ1) is 8.58. The first-order valence-electron chi connectivity index (χ1n) is 5.17. The number of hydrogen-bond acceptors (Lipinski definition) is 5. The summed E-state index contributed by atoms with van der Waals surface area (Å²) in [6, 6.07) is 5.00. The highest BCUT2D eigenvalue weighted by Crippen LogP contribution is 2.22. The maximum absolute atomic E-state index is 11.1. The number of thiazole rings is 1. The number of anilines is 2. The van der Waals surface area contributed by atoms with Crippen LogP contribution >= 0.6 is 11.3 Å². The molecular weight excluding hydrogens is 252 g/mol. The summed E-state index contributed by atoms with van der Waals surface area (Å²) < 4.78 is 0. The van der Waals surface area contributed by atoms with Gasteiger partial charge in [0.2, 0.25) is 0 Å². The third-order valence-corrected chi connectivity index (χ3v) is 3.13. The average Bonchev–Trinajstić information content (AvgIpc) is 2.73. The summed E-state index contributed by atoms with van der Waals surface area (Å²) in [5.74, 6) is -0.569. The lowest BCUT2D eigenvalue weighted by molar-refractivity contribution is 0.100. The van der Waals surface area contributed by atoms with Crippen molar-refractivity contribution in [3.8, 4) is 0 Å². The summed E-state index contributed by atoms with van der Waals surface area (Å²) in [5.41, 5.74) is 13.0. The monoisotopic (exact) mass is 264 g/mol. The van der Waals surface area contributed by atoms with Crippen LogP contribution in [0, 0.1) is 0 Å². The molecule has 1 amide bonds. The van der Waals surface area contributed by atoms with Crippen LogP contribution in [-0.2, 0) is 6.54 Å². The van der Waals surface area contributed by atoms with Gasteiger partial charge in [-0.05, 0) is 12.1 Å². The molecule has 2 aromatic rings. The van der Waals surface area contributed by atoms with Gasteiger partial charge in [0, 0.05) is 11.1 Å². The van der Waals surface area contributed by atoms with Crippen molar-refractivity contribution in [3.05, 3.63) is 44.5 Å². The van der Waals surface area contributed by atoms with Gasteiger partial charge in [-0.15, -0.1) is 0 Å². The van der Waals surface area contributed by atoms with E-state index in [4.69, 9.17) is 11.5 Å². The Hall–Kier alpha value is -2.28.